The van der Waals surface area contributed by atoms with Crippen LogP contribution in [0.4, 0.5) is 28.1 Å². The molecule has 32 heavy (non-hydrogen) atoms. The molecular formula is C22H23N9O. The average Bonchev–Trinajstić information content (AvgIpc) is 3.23. The van der Waals surface area contributed by atoms with E-state index in [0.29, 0.717) is 29.4 Å². The predicted molar refractivity (Wildman–Crippen MR) is 122 cm³/mol. The zero-order valence-electron chi connectivity index (χ0n) is 17.5. The summed E-state index contributed by atoms with van der Waals surface area (Å²) >= 11 is 0. The maximum absolute atomic E-state index is 12.7. The number of likely N-dealkylation sites (tertiary alicyclic amines) is 1. The van der Waals surface area contributed by atoms with E-state index in [2.05, 4.69) is 41.1 Å². The van der Waals surface area contributed by atoms with Gasteiger partial charge in [-0.05, 0) is 19.1 Å². The standard InChI is InChI=1S/C22H23N9O/c1-12-8-19(30-29-12)26-18-6-7-23-21(27-18)28-20-14-10-31(11-15(14)20)22(32)25-17-9-24-16-5-3-2-4-13(16)17/h2-9,14-15,20,24H,10-11H2,1H3,(H,25,32)(H3,23,26,27,28,29,30)/t14-,15+,20?. The lowest BCUT2D eigenvalue weighted by molar-refractivity contribution is 0.217. The molecule has 1 saturated heterocycles. The van der Waals surface area contributed by atoms with Gasteiger partial charge in [-0.3, -0.25) is 5.10 Å². The summed E-state index contributed by atoms with van der Waals surface area (Å²) in [5.41, 5.74) is 2.80. The number of piperidine rings is 1. The van der Waals surface area contributed by atoms with Crippen molar-refractivity contribution in [2.75, 3.05) is 29.0 Å². The molecule has 2 aliphatic rings. The van der Waals surface area contributed by atoms with Crippen LogP contribution in [0.3, 0.4) is 0 Å². The molecule has 1 aliphatic carbocycles. The van der Waals surface area contributed by atoms with E-state index in [0.717, 1.165) is 35.4 Å². The van der Waals surface area contributed by atoms with Crippen molar-refractivity contribution in [1.29, 1.82) is 0 Å². The van der Waals surface area contributed by atoms with Crippen molar-refractivity contribution in [2.45, 2.75) is 13.0 Å². The Morgan fingerprint density at radius 3 is 2.81 bits per heavy atom. The Balaban J connectivity index is 1.05. The first-order valence-electron chi connectivity index (χ1n) is 10.6. The number of fused-ring (bicyclic) bond motifs is 2. The maximum atomic E-state index is 12.7. The molecule has 6 rings (SSSR count). The van der Waals surface area contributed by atoms with Gasteiger partial charge in [0.1, 0.15) is 5.82 Å². The number of nitrogens with one attached hydrogen (secondary N) is 5. The maximum Gasteiger partial charge on any atom is 0.321 e. The van der Waals surface area contributed by atoms with Gasteiger partial charge in [0.25, 0.3) is 0 Å². The minimum absolute atomic E-state index is 0.0579. The Morgan fingerprint density at radius 2 is 2.00 bits per heavy atom. The SMILES string of the molecule is Cc1cc(Nc2ccnc(NC3[C@H]4CN(C(=O)Nc5c[nH]c6ccccc56)C[C@@H]34)n2)n[nH]1. The van der Waals surface area contributed by atoms with E-state index >= 15 is 0 Å². The van der Waals surface area contributed by atoms with Crippen molar-refractivity contribution >= 4 is 40.2 Å². The predicted octanol–water partition coefficient (Wildman–Crippen LogP) is 3.31. The number of carbonyl (C=O) groups is 1. The molecule has 4 heterocycles. The second-order valence-corrected chi connectivity index (χ2v) is 8.41. The fraction of sp³-hybridized carbons (Fsp3) is 0.273. The molecule has 0 radical (unpaired) electrons. The van der Waals surface area contributed by atoms with Crippen molar-refractivity contribution in [3.8, 4) is 0 Å². The van der Waals surface area contributed by atoms with Crippen molar-refractivity contribution in [3.63, 3.8) is 0 Å². The van der Waals surface area contributed by atoms with Crippen LogP contribution in [0.1, 0.15) is 5.69 Å². The number of rotatable bonds is 5. The normalized spacial score (nSPS) is 21.4. The molecule has 2 amide bonds. The highest BCUT2D eigenvalue weighted by Gasteiger charge is 2.57. The van der Waals surface area contributed by atoms with Crippen molar-refractivity contribution < 1.29 is 4.79 Å². The lowest BCUT2D eigenvalue weighted by atomic mass is 10.2. The van der Waals surface area contributed by atoms with Gasteiger partial charge in [0.2, 0.25) is 5.95 Å². The highest BCUT2D eigenvalue weighted by atomic mass is 16.2. The number of H-pyrrole nitrogens is 2. The molecule has 4 aromatic rings. The number of aromatic amines is 2. The number of carbonyl (C=O) groups excluding carboxylic acids is 1. The van der Waals surface area contributed by atoms with Gasteiger partial charge in [-0.25, -0.2) is 9.78 Å². The number of nitrogens with zero attached hydrogens (tertiary/aromatic N) is 4. The van der Waals surface area contributed by atoms with Crippen LogP contribution in [0, 0.1) is 18.8 Å². The van der Waals surface area contributed by atoms with Gasteiger partial charge >= 0.3 is 6.03 Å². The minimum Gasteiger partial charge on any atom is -0.359 e. The van der Waals surface area contributed by atoms with E-state index < -0.39 is 0 Å². The molecule has 0 spiro atoms. The highest BCUT2D eigenvalue weighted by molar-refractivity contribution is 6.01. The number of amides is 2. The van der Waals surface area contributed by atoms with Gasteiger partial charge in [-0.2, -0.15) is 10.1 Å². The summed E-state index contributed by atoms with van der Waals surface area (Å²) in [4.78, 5) is 26.7. The molecule has 10 nitrogen and oxygen atoms in total. The Morgan fingerprint density at radius 1 is 1.16 bits per heavy atom. The number of benzene rings is 1. The smallest absolute Gasteiger partial charge is 0.321 e. The second-order valence-electron chi connectivity index (χ2n) is 8.41. The van der Waals surface area contributed by atoms with Crippen LogP contribution in [0.25, 0.3) is 10.9 Å². The van der Waals surface area contributed by atoms with E-state index in [9.17, 15) is 4.79 Å². The summed E-state index contributed by atoms with van der Waals surface area (Å²) in [6.45, 7) is 3.39. The number of anilines is 4. The molecule has 1 saturated carbocycles. The zero-order chi connectivity index (χ0) is 21.7. The summed E-state index contributed by atoms with van der Waals surface area (Å²) in [6, 6.07) is 11.9. The van der Waals surface area contributed by atoms with Crippen molar-refractivity contribution in [2.24, 2.45) is 11.8 Å². The molecule has 1 aromatic carbocycles. The largest absolute Gasteiger partial charge is 0.359 e. The first-order valence-corrected chi connectivity index (χ1v) is 10.6. The number of para-hydroxylation sites is 1. The molecule has 5 N–H and O–H groups in total. The molecule has 162 valence electrons. The molecule has 0 bridgehead atoms. The van der Waals surface area contributed by atoms with E-state index in [1.54, 1.807) is 12.3 Å². The van der Waals surface area contributed by atoms with Crippen LogP contribution in [0.2, 0.25) is 0 Å². The Labute approximate surface area is 183 Å². The molecule has 3 atom stereocenters. The number of hydrogen-bond acceptors (Lipinski definition) is 6. The Bertz CT molecular complexity index is 1280. The third-order valence-electron chi connectivity index (χ3n) is 6.23. The van der Waals surface area contributed by atoms with Gasteiger partial charge < -0.3 is 25.8 Å². The van der Waals surface area contributed by atoms with Crippen LogP contribution < -0.4 is 16.0 Å². The number of hydrogen-bond donors (Lipinski definition) is 5. The van der Waals surface area contributed by atoms with E-state index in [-0.39, 0.29) is 12.1 Å². The summed E-state index contributed by atoms with van der Waals surface area (Å²) in [7, 11) is 0. The molecule has 3 aromatic heterocycles. The summed E-state index contributed by atoms with van der Waals surface area (Å²) < 4.78 is 0. The molecule has 2 fully saturated rings. The minimum atomic E-state index is -0.0579. The Kier molecular flexibility index (Phi) is 4.23. The fourth-order valence-corrected chi connectivity index (χ4v) is 4.54. The first-order chi connectivity index (χ1) is 15.6. The van der Waals surface area contributed by atoms with Crippen molar-refractivity contribution in [3.05, 3.63) is 54.5 Å². The van der Waals surface area contributed by atoms with Gasteiger partial charge in [-0.1, -0.05) is 18.2 Å². The number of aryl methyl sites for hydroxylation is 1. The second kappa shape index (κ2) is 7.26. The van der Waals surface area contributed by atoms with Crippen LogP contribution in [0.5, 0.6) is 0 Å². The number of aromatic nitrogens is 5. The number of urea groups is 1. The van der Waals surface area contributed by atoms with Crippen LogP contribution >= 0.6 is 0 Å². The summed E-state index contributed by atoms with van der Waals surface area (Å²) in [6.07, 6.45) is 3.56. The van der Waals surface area contributed by atoms with Crippen LogP contribution in [-0.4, -0.2) is 55.2 Å². The van der Waals surface area contributed by atoms with E-state index in [1.165, 1.54) is 0 Å². The van der Waals surface area contributed by atoms with Gasteiger partial charge in [0.05, 0.1) is 5.69 Å². The highest BCUT2D eigenvalue weighted by Crippen LogP contribution is 2.47. The summed E-state index contributed by atoms with van der Waals surface area (Å²) in [5, 5.41) is 17.7. The zero-order valence-corrected chi connectivity index (χ0v) is 17.5. The lowest BCUT2D eigenvalue weighted by Crippen LogP contribution is -2.36. The molecule has 10 heteroatoms. The third kappa shape index (κ3) is 3.39. The fourth-order valence-electron chi connectivity index (χ4n) is 4.54. The quantitative estimate of drug-likeness (QED) is 0.331. The lowest BCUT2D eigenvalue weighted by Gasteiger charge is -2.20. The van der Waals surface area contributed by atoms with Gasteiger partial charge in [0, 0.05) is 66.0 Å². The van der Waals surface area contributed by atoms with E-state index in [1.807, 2.05) is 48.4 Å². The molecular weight excluding hydrogens is 406 g/mol. The molecule has 1 unspecified atom stereocenters. The Hall–Kier alpha value is -4.08. The average molecular weight is 429 g/mol. The van der Waals surface area contributed by atoms with Gasteiger partial charge in [-0.15, -0.1) is 0 Å². The topological polar surface area (TPSA) is 127 Å². The molecule has 1 aliphatic heterocycles. The monoisotopic (exact) mass is 429 g/mol. The summed E-state index contributed by atoms with van der Waals surface area (Å²) in [5.74, 6) is 2.80. The van der Waals surface area contributed by atoms with Crippen LogP contribution in [-0.2, 0) is 0 Å². The van der Waals surface area contributed by atoms with E-state index in [4.69, 9.17) is 0 Å². The van der Waals surface area contributed by atoms with Gasteiger partial charge in [0.15, 0.2) is 5.82 Å². The van der Waals surface area contributed by atoms with Crippen LogP contribution in [0.15, 0.2) is 48.8 Å². The first kappa shape index (κ1) is 18.7. The third-order valence-corrected chi connectivity index (χ3v) is 6.23. The van der Waals surface area contributed by atoms with Crippen molar-refractivity contribution in [1.82, 2.24) is 30.0 Å².